The topological polar surface area (TPSA) is 97.1 Å². The van der Waals surface area contributed by atoms with Gasteiger partial charge in [0.25, 0.3) is 11.6 Å². The predicted molar refractivity (Wildman–Crippen MR) is 71.0 cm³/mol. The number of benzene rings is 1. The van der Waals surface area contributed by atoms with E-state index < -0.39 is 11.0 Å². The highest BCUT2D eigenvalue weighted by molar-refractivity contribution is 6.21. The number of amides is 2. The van der Waals surface area contributed by atoms with Crippen LogP contribution in [0.15, 0.2) is 36.9 Å². The van der Waals surface area contributed by atoms with Crippen LogP contribution < -0.4 is 10.2 Å². The summed E-state index contributed by atoms with van der Waals surface area (Å²) in [6.07, 6.45) is 1.79. The first-order valence-corrected chi connectivity index (χ1v) is 6.10. The molecule has 0 aromatic heterocycles. The van der Waals surface area contributed by atoms with E-state index in [-0.39, 0.29) is 23.9 Å². The van der Waals surface area contributed by atoms with E-state index in [1.54, 1.807) is 11.4 Å². The number of quaternary nitrogens is 1. The van der Waals surface area contributed by atoms with Gasteiger partial charge in [-0.05, 0) is 18.2 Å². The molecule has 104 valence electrons. The molecule has 1 aliphatic heterocycles. The van der Waals surface area contributed by atoms with Gasteiger partial charge < -0.3 is 5.32 Å². The van der Waals surface area contributed by atoms with Gasteiger partial charge in [0.2, 0.25) is 5.91 Å². The van der Waals surface area contributed by atoms with Crippen LogP contribution in [0.1, 0.15) is 6.42 Å². The average Bonchev–Trinajstić information content (AvgIpc) is 2.71. The van der Waals surface area contributed by atoms with Crippen molar-refractivity contribution in [3.8, 4) is 0 Å². The molecule has 0 radical (unpaired) electrons. The number of non-ortho nitro benzene ring substituents is 1. The number of hydrogen-bond acceptors (Lipinski definition) is 4. The Morgan fingerprint density at radius 2 is 2.05 bits per heavy atom. The number of anilines is 1. The third kappa shape index (κ3) is 2.57. The molecule has 0 bridgehead atoms. The maximum Gasteiger partial charge on any atom is 0.292 e. The summed E-state index contributed by atoms with van der Waals surface area (Å²) >= 11 is 0. The molecule has 0 aliphatic carbocycles. The zero-order valence-electron chi connectivity index (χ0n) is 10.7. The Morgan fingerprint density at radius 1 is 1.40 bits per heavy atom. The van der Waals surface area contributed by atoms with Gasteiger partial charge in [0.15, 0.2) is 6.04 Å². The molecule has 0 saturated carbocycles. The minimum atomic E-state index is -0.530. The van der Waals surface area contributed by atoms with Gasteiger partial charge in [-0.25, -0.2) is 4.90 Å². The number of carbonyl (C=O) groups excluding carboxylic acids is 2. The number of carbonyl (C=O) groups is 2. The molecule has 0 spiro atoms. The van der Waals surface area contributed by atoms with Crippen molar-refractivity contribution in [2.45, 2.75) is 12.5 Å². The summed E-state index contributed by atoms with van der Waals surface area (Å²) in [6.45, 7) is 4.12. The van der Waals surface area contributed by atoms with Gasteiger partial charge in [-0.15, -0.1) is 0 Å². The first kappa shape index (κ1) is 13.9. The number of imide groups is 1. The number of nitrogens with zero attached hydrogens (tertiary/aromatic N) is 2. The first-order chi connectivity index (χ1) is 9.54. The van der Waals surface area contributed by atoms with Crippen LogP contribution >= 0.6 is 0 Å². The van der Waals surface area contributed by atoms with Crippen LogP contribution in [0.4, 0.5) is 11.4 Å². The molecule has 7 nitrogen and oxygen atoms in total. The zero-order chi connectivity index (χ0) is 14.7. The SMILES string of the molecule is C=CC[NH2+][C@H]1CC(=O)N(c2ccc([N+](=O)[O-])cc2)C1=O. The molecule has 2 rings (SSSR count). The molecule has 1 heterocycles. The second kappa shape index (κ2) is 5.62. The molecule has 2 N–H and O–H groups in total. The second-order valence-electron chi connectivity index (χ2n) is 4.41. The van der Waals surface area contributed by atoms with Gasteiger partial charge >= 0.3 is 0 Å². The van der Waals surface area contributed by atoms with E-state index in [1.807, 2.05) is 0 Å². The van der Waals surface area contributed by atoms with Crippen molar-refractivity contribution in [3.63, 3.8) is 0 Å². The van der Waals surface area contributed by atoms with Gasteiger partial charge in [0.1, 0.15) is 0 Å². The highest BCUT2D eigenvalue weighted by Crippen LogP contribution is 2.24. The van der Waals surface area contributed by atoms with Crippen molar-refractivity contribution in [1.82, 2.24) is 0 Å². The van der Waals surface area contributed by atoms with E-state index in [0.717, 1.165) is 4.90 Å². The van der Waals surface area contributed by atoms with Crippen LogP contribution in [0, 0.1) is 10.1 Å². The van der Waals surface area contributed by atoms with Crippen molar-refractivity contribution in [1.29, 1.82) is 0 Å². The van der Waals surface area contributed by atoms with Crippen LogP contribution in [-0.2, 0) is 9.59 Å². The third-order valence-electron chi connectivity index (χ3n) is 3.09. The van der Waals surface area contributed by atoms with Crippen LogP contribution in [0.5, 0.6) is 0 Å². The maximum atomic E-state index is 12.1. The van der Waals surface area contributed by atoms with Crippen molar-refractivity contribution in [3.05, 3.63) is 47.0 Å². The lowest BCUT2D eigenvalue weighted by molar-refractivity contribution is -0.666. The number of nitro benzene ring substituents is 1. The van der Waals surface area contributed by atoms with Crippen molar-refractivity contribution >= 4 is 23.2 Å². The van der Waals surface area contributed by atoms with Crippen molar-refractivity contribution in [2.24, 2.45) is 0 Å². The fourth-order valence-corrected chi connectivity index (χ4v) is 2.09. The Kier molecular flexibility index (Phi) is 3.90. The van der Waals surface area contributed by atoms with E-state index in [0.29, 0.717) is 12.2 Å². The van der Waals surface area contributed by atoms with Crippen LogP contribution in [-0.4, -0.2) is 29.3 Å². The molecule has 1 atom stereocenters. The lowest BCUT2D eigenvalue weighted by atomic mass is 10.2. The summed E-state index contributed by atoms with van der Waals surface area (Å²) in [7, 11) is 0. The fraction of sp³-hybridized carbons (Fsp3) is 0.231. The van der Waals surface area contributed by atoms with E-state index in [1.165, 1.54) is 24.3 Å². The zero-order valence-corrected chi connectivity index (χ0v) is 10.7. The molecular formula is C13H14N3O4+. The summed E-state index contributed by atoms with van der Waals surface area (Å²) in [4.78, 5) is 35.2. The molecule has 1 aliphatic rings. The summed E-state index contributed by atoms with van der Waals surface area (Å²) in [5, 5.41) is 12.3. The quantitative estimate of drug-likeness (QED) is 0.353. The number of nitro groups is 1. The van der Waals surface area contributed by atoms with Gasteiger partial charge in [-0.1, -0.05) is 6.58 Å². The average molecular weight is 276 g/mol. The third-order valence-corrected chi connectivity index (χ3v) is 3.09. The van der Waals surface area contributed by atoms with Crippen molar-refractivity contribution in [2.75, 3.05) is 11.4 Å². The lowest BCUT2D eigenvalue weighted by Gasteiger charge is -2.13. The van der Waals surface area contributed by atoms with Crippen molar-refractivity contribution < 1.29 is 19.8 Å². The highest BCUT2D eigenvalue weighted by atomic mass is 16.6. The Bertz CT molecular complexity index is 567. The largest absolute Gasteiger partial charge is 0.332 e. The normalized spacial score (nSPS) is 18.4. The molecule has 0 unspecified atom stereocenters. The van der Waals surface area contributed by atoms with Gasteiger partial charge in [-0.2, -0.15) is 0 Å². The molecule has 20 heavy (non-hydrogen) atoms. The first-order valence-electron chi connectivity index (χ1n) is 6.10. The molecule has 2 amide bonds. The molecular weight excluding hydrogens is 262 g/mol. The van der Waals surface area contributed by atoms with Gasteiger partial charge in [-0.3, -0.25) is 19.7 Å². The predicted octanol–water partition coefficient (Wildman–Crippen LogP) is -0.0239. The van der Waals surface area contributed by atoms with E-state index >= 15 is 0 Å². The van der Waals surface area contributed by atoms with E-state index in [9.17, 15) is 19.7 Å². The molecule has 7 heteroatoms. The molecule has 1 fully saturated rings. The summed E-state index contributed by atoms with van der Waals surface area (Å²) in [6, 6.07) is 4.91. The van der Waals surface area contributed by atoms with Gasteiger partial charge in [0, 0.05) is 12.1 Å². The molecule has 1 saturated heterocycles. The number of rotatable bonds is 5. The Hall–Kier alpha value is -2.54. The Labute approximate surface area is 115 Å². The van der Waals surface area contributed by atoms with E-state index in [4.69, 9.17) is 0 Å². The summed E-state index contributed by atoms with van der Waals surface area (Å²) in [5.74, 6) is -0.597. The summed E-state index contributed by atoms with van der Waals surface area (Å²) in [5.41, 5.74) is 0.280. The number of hydrogen-bond donors (Lipinski definition) is 1. The smallest absolute Gasteiger partial charge is 0.292 e. The summed E-state index contributed by atoms with van der Waals surface area (Å²) < 4.78 is 0. The second-order valence-corrected chi connectivity index (χ2v) is 4.41. The van der Waals surface area contributed by atoms with Crippen LogP contribution in [0.3, 0.4) is 0 Å². The van der Waals surface area contributed by atoms with Gasteiger partial charge in [0.05, 0.1) is 23.6 Å². The Balaban J connectivity index is 2.19. The highest BCUT2D eigenvalue weighted by Gasteiger charge is 2.41. The molecule has 1 aromatic rings. The Morgan fingerprint density at radius 3 is 2.60 bits per heavy atom. The fourth-order valence-electron chi connectivity index (χ4n) is 2.09. The number of nitrogens with two attached hydrogens (primary N) is 1. The monoisotopic (exact) mass is 276 g/mol. The minimum Gasteiger partial charge on any atom is -0.332 e. The van der Waals surface area contributed by atoms with Crippen LogP contribution in [0.2, 0.25) is 0 Å². The van der Waals surface area contributed by atoms with Crippen LogP contribution in [0.25, 0.3) is 0 Å². The molecule has 1 aromatic carbocycles. The van der Waals surface area contributed by atoms with E-state index in [2.05, 4.69) is 6.58 Å². The maximum absolute atomic E-state index is 12.1. The standard InChI is InChI=1S/C13H13N3O4/c1-2-7-14-11-8-12(17)15(13(11)18)9-3-5-10(6-4-9)16(19)20/h2-6,11,14H,1,7-8H2/p+1/t11-/m0/s1. The minimum absolute atomic E-state index is 0.0809. The lowest BCUT2D eigenvalue weighted by Crippen LogP contribution is -2.91.